The molecule has 5 heteroatoms. The summed E-state index contributed by atoms with van der Waals surface area (Å²) in [5.41, 5.74) is 5.06. The van der Waals surface area contributed by atoms with Crippen LogP contribution in [0.2, 0.25) is 5.02 Å². The standard InChI is InChI=1S/C13H16ClNO3/c1-13(2,3)18-12(17)10(11(15)16)8-4-6-9(14)7-5-8/h4-7,10H,1-3H3,(H2,15,16). The number of rotatable bonds is 3. The molecule has 0 aliphatic heterocycles. The van der Waals surface area contributed by atoms with Crippen molar-refractivity contribution in [1.29, 1.82) is 0 Å². The Hall–Kier alpha value is -1.55. The van der Waals surface area contributed by atoms with E-state index in [1.165, 1.54) is 0 Å². The first-order chi connectivity index (χ1) is 8.20. The molecule has 0 saturated carbocycles. The van der Waals surface area contributed by atoms with Crippen LogP contribution >= 0.6 is 11.6 Å². The zero-order chi connectivity index (χ0) is 13.9. The van der Waals surface area contributed by atoms with Crippen molar-refractivity contribution < 1.29 is 14.3 Å². The van der Waals surface area contributed by atoms with Crippen molar-refractivity contribution >= 4 is 23.5 Å². The van der Waals surface area contributed by atoms with Gasteiger partial charge >= 0.3 is 5.97 Å². The summed E-state index contributed by atoms with van der Waals surface area (Å²) < 4.78 is 5.17. The molecule has 2 N–H and O–H groups in total. The number of ether oxygens (including phenoxy) is 1. The Morgan fingerprint density at radius 1 is 1.22 bits per heavy atom. The third-order valence-corrected chi connectivity index (χ3v) is 2.38. The zero-order valence-corrected chi connectivity index (χ0v) is 11.3. The molecule has 0 heterocycles. The highest BCUT2D eigenvalue weighted by Crippen LogP contribution is 2.22. The number of amides is 1. The highest BCUT2D eigenvalue weighted by Gasteiger charge is 2.31. The van der Waals surface area contributed by atoms with E-state index >= 15 is 0 Å². The summed E-state index contributed by atoms with van der Waals surface area (Å²) >= 11 is 5.75. The van der Waals surface area contributed by atoms with E-state index in [2.05, 4.69) is 0 Å². The molecule has 1 amide bonds. The van der Waals surface area contributed by atoms with Gasteiger partial charge in [-0.15, -0.1) is 0 Å². The summed E-state index contributed by atoms with van der Waals surface area (Å²) in [7, 11) is 0. The zero-order valence-electron chi connectivity index (χ0n) is 10.6. The molecule has 1 aromatic rings. The molecule has 0 radical (unpaired) electrons. The second-order valence-electron chi connectivity index (χ2n) is 4.92. The van der Waals surface area contributed by atoms with E-state index in [0.29, 0.717) is 10.6 Å². The number of halogens is 1. The molecule has 1 aromatic carbocycles. The molecule has 1 atom stereocenters. The summed E-state index contributed by atoms with van der Waals surface area (Å²) in [5.74, 6) is -2.51. The highest BCUT2D eigenvalue weighted by molar-refractivity contribution is 6.30. The fourth-order valence-corrected chi connectivity index (χ4v) is 1.56. The van der Waals surface area contributed by atoms with Crippen LogP contribution in [0.5, 0.6) is 0 Å². The van der Waals surface area contributed by atoms with Gasteiger partial charge < -0.3 is 10.5 Å². The van der Waals surface area contributed by atoms with Crippen molar-refractivity contribution in [2.75, 3.05) is 0 Å². The van der Waals surface area contributed by atoms with Crippen LogP contribution in [0.3, 0.4) is 0 Å². The Bertz CT molecular complexity index is 448. The van der Waals surface area contributed by atoms with Crippen LogP contribution in [0.1, 0.15) is 32.3 Å². The first-order valence-corrected chi connectivity index (χ1v) is 5.86. The number of esters is 1. The minimum absolute atomic E-state index is 0.473. The minimum atomic E-state index is -1.11. The maximum absolute atomic E-state index is 11.9. The fourth-order valence-electron chi connectivity index (χ4n) is 1.43. The van der Waals surface area contributed by atoms with Gasteiger partial charge in [-0.1, -0.05) is 23.7 Å². The van der Waals surface area contributed by atoms with Crippen LogP contribution in [0, 0.1) is 0 Å². The second-order valence-corrected chi connectivity index (χ2v) is 5.36. The minimum Gasteiger partial charge on any atom is -0.459 e. The number of hydrogen-bond donors (Lipinski definition) is 1. The lowest BCUT2D eigenvalue weighted by molar-refractivity contribution is -0.158. The van der Waals surface area contributed by atoms with Crippen molar-refractivity contribution in [2.24, 2.45) is 5.73 Å². The first kappa shape index (κ1) is 14.5. The second kappa shape index (κ2) is 5.40. The molecular formula is C13H16ClNO3. The third kappa shape index (κ3) is 4.04. The molecule has 0 bridgehead atoms. The maximum Gasteiger partial charge on any atom is 0.323 e. The van der Waals surface area contributed by atoms with E-state index in [0.717, 1.165) is 0 Å². The van der Waals surface area contributed by atoms with Crippen molar-refractivity contribution in [2.45, 2.75) is 32.3 Å². The van der Waals surface area contributed by atoms with Crippen LogP contribution < -0.4 is 5.73 Å². The lowest BCUT2D eigenvalue weighted by atomic mass is 9.98. The summed E-state index contributed by atoms with van der Waals surface area (Å²) in [4.78, 5) is 23.3. The Balaban J connectivity index is 3.00. The largest absolute Gasteiger partial charge is 0.459 e. The summed E-state index contributed by atoms with van der Waals surface area (Å²) in [6.07, 6.45) is 0. The van der Waals surface area contributed by atoms with Gasteiger partial charge in [-0.25, -0.2) is 0 Å². The summed E-state index contributed by atoms with van der Waals surface area (Å²) in [6.45, 7) is 5.18. The van der Waals surface area contributed by atoms with E-state index in [-0.39, 0.29) is 0 Å². The Kier molecular flexibility index (Phi) is 4.35. The van der Waals surface area contributed by atoms with Crippen LogP contribution in [0.4, 0.5) is 0 Å². The monoisotopic (exact) mass is 269 g/mol. The fraction of sp³-hybridized carbons (Fsp3) is 0.385. The number of benzene rings is 1. The molecule has 0 aliphatic rings. The number of hydrogen-bond acceptors (Lipinski definition) is 3. The normalized spacial score (nSPS) is 12.9. The van der Waals surface area contributed by atoms with Crippen LogP contribution in [-0.2, 0) is 14.3 Å². The van der Waals surface area contributed by atoms with Gasteiger partial charge in [0.1, 0.15) is 5.60 Å². The SMILES string of the molecule is CC(C)(C)OC(=O)C(C(N)=O)c1ccc(Cl)cc1. The Morgan fingerprint density at radius 3 is 2.11 bits per heavy atom. The third-order valence-electron chi connectivity index (χ3n) is 2.13. The number of primary amides is 1. The maximum atomic E-state index is 11.9. The number of carbonyl (C=O) groups is 2. The van der Waals surface area contributed by atoms with E-state index in [1.807, 2.05) is 0 Å². The summed E-state index contributed by atoms with van der Waals surface area (Å²) in [5, 5.41) is 0.520. The summed E-state index contributed by atoms with van der Waals surface area (Å²) in [6, 6.07) is 6.36. The van der Waals surface area contributed by atoms with Crippen molar-refractivity contribution in [3.05, 3.63) is 34.9 Å². The predicted octanol–water partition coefficient (Wildman–Crippen LogP) is 2.25. The van der Waals surface area contributed by atoms with E-state index in [1.54, 1.807) is 45.0 Å². The van der Waals surface area contributed by atoms with E-state index in [4.69, 9.17) is 22.1 Å². The predicted molar refractivity (Wildman–Crippen MR) is 69.2 cm³/mol. The van der Waals surface area contributed by atoms with Gasteiger partial charge in [0.05, 0.1) is 0 Å². The number of nitrogens with two attached hydrogens (primary N) is 1. The Morgan fingerprint density at radius 2 is 1.72 bits per heavy atom. The average Bonchev–Trinajstić information content (AvgIpc) is 2.18. The smallest absolute Gasteiger partial charge is 0.323 e. The van der Waals surface area contributed by atoms with Crippen LogP contribution in [0.15, 0.2) is 24.3 Å². The van der Waals surface area contributed by atoms with Gasteiger partial charge in [0.25, 0.3) is 0 Å². The van der Waals surface area contributed by atoms with Crippen molar-refractivity contribution in [3.8, 4) is 0 Å². The van der Waals surface area contributed by atoms with Gasteiger partial charge in [-0.2, -0.15) is 0 Å². The topological polar surface area (TPSA) is 69.4 Å². The molecular weight excluding hydrogens is 254 g/mol. The molecule has 0 fully saturated rings. The van der Waals surface area contributed by atoms with Gasteiger partial charge in [0, 0.05) is 5.02 Å². The quantitative estimate of drug-likeness (QED) is 0.676. The first-order valence-electron chi connectivity index (χ1n) is 5.48. The molecule has 0 spiro atoms. The van der Waals surface area contributed by atoms with E-state index in [9.17, 15) is 9.59 Å². The molecule has 0 aromatic heterocycles. The Labute approximate surface area is 111 Å². The van der Waals surface area contributed by atoms with Gasteiger partial charge in [0.15, 0.2) is 5.92 Å². The van der Waals surface area contributed by atoms with E-state index < -0.39 is 23.4 Å². The van der Waals surface area contributed by atoms with Gasteiger partial charge in [-0.3, -0.25) is 9.59 Å². The molecule has 18 heavy (non-hydrogen) atoms. The molecule has 1 rings (SSSR count). The van der Waals surface area contributed by atoms with Crippen molar-refractivity contribution in [1.82, 2.24) is 0 Å². The lowest BCUT2D eigenvalue weighted by Gasteiger charge is -2.22. The molecule has 98 valence electrons. The number of carbonyl (C=O) groups excluding carboxylic acids is 2. The molecule has 4 nitrogen and oxygen atoms in total. The molecule has 1 unspecified atom stereocenters. The average molecular weight is 270 g/mol. The van der Waals surface area contributed by atoms with Crippen LogP contribution in [-0.4, -0.2) is 17.5 Å². The van der Waals surface area contributed by atoms with Crippen LogP contribution in [0.25, 0.3) is 0 Å². The highest BCUT2D eigenvalue weighted by atomic mass is 35.5. The van der Waals surface area contributed by atoms with Crippen molar-refractivity contribution in [3.63, 3.8) is 0 Å². The van der Waals surface area contributed by atoms with Gasteiger partial charge in [0.2, 0.25) is 5.91 Å². The molecule has 0 aliphatic carbocycles. The lowest BCUT2D eigenvalue weighted by Crippen LogP contribution is -2.34. The molecule has 0 saturated heterocycles. The van der Waals surface area contributed by atoms with Gasteiger partial charge in [-0.05, 0) is 38.5 Å².